The van der Waals surface area contributed by atoms with Crippen LogP contribution in [0.1, 0.15) is 30.0 Å². The van der Waals surface area contributed by atoms with Gasteiger partial charge in [0.05, 0.1) is 17.3 Å². The maximum atomic E-state index is 12.8. The number of piperazine rings is 1. The fourth-order valence-electron chi connectivity index (χ4n) is 3.64. The molecule has 0 radical (unpaired) electrons. The fourth-order valence-corrected chi connectivity index (χ4v) is 3.64. The molecule has 2 amide bonds. The van der Waals surface area contributed by atoms with Gasteiger partial charge in [0.25, 0.3) is 5.91 Å². The zero-order valence-corrected chi connectivity index (χ0v) is 18.6. The van der Waals surface area contributed by atoms with Crippen LogP contribution in [0.3, 0.4) is 0 Å². The highest BCUT2D eigenvalue weighted by molar-refractivity contribution is 6.05. The minimum atomic E-state index is -0.317. The maximum Gasteiger partial charge on any atom is 0.274 e. The monoisotopic (exact) mass is 436 g/mol. The van der Waals surface area contributed by atoms with Crippen molar-refractivity contribution in [3.05, 3.63) is 47.9 Å². The van der Waals surface area contributed by atoms with Crippen LogP contribution in [0.25, 0.3) is 10.9 Å². The smallest absolute Gasteiger partial charge is 0.274 e. The molecule has 1 fully saturated rings. The van der Waals surface area contributed by atoms with Crippen molar-refractivity contribution >= 4 is 28.4 Å². The van der Waals surface area contributed by atoms with E-state index in [1.165, 1.54) is 0 Å². The Bertz CT molecular complexity index is 1130. The van der Waals surface area contributed by atoms with Gasteiger partial charge in [-0.25, -0.2) is 4.98 Å². The fraction of sp³-hybridized carbons (Fsp3) is 0.391. The third-order valence-corrected chi connectivity index (χ3v) is 5.15. The van der Waals surface area contributed by atoms with E-state index >= 15 is 0 Å². The summed E-state index contributed by atoms with van der Waals surface area (Å²) < 4.78 is 7.57. The van der Waals surface area contributed by atoms with Gasteiger partial charge in [-0.1, -0.05) is 6.07 Å². The molecule has 2 N–H and O–H groups in total. The second kappa shape index (κ2) is 9.35. The summed E-state index contributed by atoms with van der Waals surface area (Å²) in [6.07, 6.45) is 1.73. The largest absolute Gasteiger partial charge is 0.489 e. The van der Waals surface area contributed by atoms with Crippen LogP contribution in [-0.2, 0) is 11.3 Å². The van der Waals surface area contributed by atoms with Gasteiger partial charge < -0.3 is 20.3 Å². The molecular formula is C23H28N6O3. The Morgan fingerprint density at radius 1 is 1.22 bits per heavy atom. The number of hydrogen-bond acceptors (Lipinski definition) is 6. The standard InChI is InChI=1S/C23H28N6O3/c1-15(2)32-21-12-19-17(11-20(21)26-23(31)18-6-4-5-16(3)25-18)13-29(27-19)14-22(30)28-9-7-24-8-10-28/h4-6,11-13,15,24H,7-10,14H2,1-3H3,(H,26,31). The van der Waals surface area contributed by atoms with E-state index in [9.17, 15) is 9.59 Å². The zero-order chi connectivity index (χ0) is 22.7. The van der Waals surface area contributed by atoms with Crippen molar-refractivity contribution in [1.82, 2.24) is 25.0 Å². The minimum Gasteiger partial charge on any atom is -0.489 e. The number of nitrogens with one attached hydrogen (secondary N) is 2. The molecule has 3 aromatic rings. The first-order valence-electron chi connectivity index (χ1n) is 10.8. The molecule has 0 aliphatic carbocycles. The van der Waals surface area contributed by atoms with E-state index in [0.717, 1.165) is 24.2 Å². The molecule has 0 bridgehead atoms. The average Bonchev–Trinajstić information content (AvgIpc) is 3.15. The first kappa shape index (κ1) is 21.8. The highest BCUT2D eigenvalue weighted by Crippen LogP contribution is 2.31. The second-order valence-electron chi connectivity index (χ2n) is 8.15. The van der Waals surface area contributed by atoms with Gasteiger partial charge in [-0.2, -0.15) is 5.10 Å². The highest BCUT2D eigenvalue weighted by Gasteiger charge is 2.19. The van der Waals surface area contributed by atoms with Gasteiger partial charge in [-0.15, -0.1) is 0 Å². The molecule has 1 aliphatic heterocycles. The van der Waals surface area contributed by atoms with Gasteiger partial charge in [0.15, 0.2) is 0 Å². The summed E-state index contributed by atoms with van der Waals surface area (Å²) in [5.74, 6) is 0.243. The summed E-state index contributed by atoms with van der Waals surface area (Å²) in [5.41, 5.74) is 2.33. The van der Waals surface area contributed by atoms with Crippen molar-refractivity contribution in [3.8, 4) is 5.75 Å². The summed E-state index contributed by atoms with van der Waals surface area (Å²) in [4.78, 5) is 31.5. The molecule has 9 heteroatoms. The number of carbonyl (C=O) groups excluding carboxylic acids is 2. The second-order valence-corrected chi connectivity index (χ2v) is 8.15. The Hall–Kier alpha value is -3.46. The first-order chi connectivity index (χ1) is 15.4. The third kappa shape index (κ3) is 5.05. The van der Waals surface area contributed by atoms with Crippen LogP contribution >= 0.6 is 0 Å². The molecule has 168 valence electrons. The number of benzene rings is 1. The third-order valence-electron chi connectivity index (χ3n) is 5.15. The average molecular weight is 437 g/mol. The lowest BCUT2D eigenvalue weighted by molar-refractivity contribution is -0.132. The van der Waals surface area contributed by atoms with E-state index in [1.54, 1.807) is 22.9 Å². The Morgan fingerprint density at radius 2 is 2.00 bits per heavy atom. The lowest BCUT2D eigenvalue weighted by Crippen LogP contribution is -2.47. The summed E-state index contributed by atoms with van der Waals surface area (Å²) in [5, 5.41) is 11.5. The molecule has 0 unspecified atom stereocenters. The zero-order valence-electron chi connectivity index (χ0n) is 18.6. The Labute approximate surface area is 186 Å². The maximum absolute atomic E-state index is 12.8. The summed E-state index contributed by atoms with van der Waals surface area (Å²) >= 11 is 0. The predicted molar refractivity (Wildman–Crippen MR) is 122 cm³/mol. The van der Waals surface area contributed by atoms with E-state index in [1.807, 2.05) is 44.0 Å². The lowest BCUT2D eigenvalue weighted by Gasteiger charge is -2.27. The van der Waals surface area contributed by atoms with Crippen molar-refractivity contribution in [2.45, 2.75) is 33.4 Å². The van der Waals surface area contributed by atoms with Gasteiger partial charge in [0, 0.05) is 49.5 Å². The van der Waals surface area contributed by atoms with E-state index in [4.69, 9.17) is 4.74 Å². The number of amides is 2. The number of ether oxygens (including phenoxy) is 1. The van der Waals surface area contributed by atoms with Gasteiger partial charge in [0.2, 0.25) is 5.91 Å². The summed E-state index contributed by atoms with van der Waals surface area (Å²) in [7, 11) is 0. The Balaban J connectivity index is 1.59. The molecule has 1 saturated heterocycles. The molecule has 2 aromatic heterocycles. The van der Waals surface area contributed by atoms with E-state index in [-0.39, 0.29) is 24.5 Å². The number of fused-ring (bicyclic) bond motifs is 1. The van der Waals surface area contributed by atoms with Gasteiger partial charge in [0.1, 0.15) is 18.0 Å². The van der Waals surface area contributed by atoms with Crippen molar-refractivity contribution in [2.24, 2.45) is 0 Å². The molecule has 4 rings (SSSR count). The molecule has 0 atom stereocenters. The quantitative estimate of drug-likeness (QED) is 0.614. The number of carbonyl (C=O) groups is 2. The van der Waals surface area contributed by atoms with Crippen LogP contribution < -0.4 is 15.4 Å². The van der Waals surface area contributed by atoms with E-state index in [2.05, 4.69) is 20.7 Å². The number of hydrogen-bond donors (Lipinski definition) is 2. The topological polar surface area (TPSA) is 101 Å². The lowest BCUT2D eigenvalue weighted by atomic mass is 10.2. The molecule has 9 nitrogen and oxygen atoms in total. The Kier molecular flexibility index (Phi) is 6.36. The van der Waals surface area contributed by atoms with Crippen LogP contribution in [0.15, 0.2) is 36.5 Å². The van der Waals surface area contributed by atoms with Crippen molar-refractivity contribution in [3.63, 3.8) is 0 Å². The first-order valence-corrected chi connectivity index (χ1v) is 10.8. The highest BCUT2D eigenvalue weighted by atomic mass is 16.5. The molecule has 1 aromatic carbocycles. The number of pyridine rings is 1. The van der Waals surface area contributed by atoms with Crippen molar-refractivity contribution in [2.75, 3.05) is 31.5 Å². The number of anilines is 1. The molecule has 0 saturated carbocycles. The normalized spacial score (nSPS) is 14.1. The summed E-state index contributed by atoms with van der Waals surface area (Å²) in [6, 6.07) is 8.92. The van der Waals surface area contributed by atoms with Crippen molar-refractivity contribution < 1.29 is 14.3 Å². The summed E-state index contributed by atoms with van der Waals surface area (Å²) in [6.45, 7) is 8.87. The van der Waals surface area contributed by atoms with Crippen molar-refractivity contribution in [1.29, 1.82) is 0 Å². The van der Waals surface area contributed by atoms with Crippen LogP contribution in [-0.4, -0.2) is 63.8 Å². The number of rotatable bonds is 6. The van der Waals surface area contributed by atoms with Gasteiger partial charge in [-0.05, 0) is 39.0 Å². The number of nitrogens with zero attached hydrogens (tertiary/aromatic N) is 4. The number of aromatic nitrogens is 3. The van der Waals surface area contributed by atoms with E-state index < -0.39 is 0 Å². The van der Waals surface area contributed by atoms with E-state index in [0.29, 0.717) is 35.7 Å². The SMILES string of the molecule is Cc1cccc(C(=O)Nc2cc3cn(CC(=O)N4CCNCC4)nc3cc2OC(C)C)n1. The Morgan fingerprint density at radius 3 is 2.72 bits per heavy atom. The van der Waals surface area contributed by atoms with Gasteiger partial charge >= 0.3 is 0 Å². The molecule has 32 heavy (non-hydrogen) atoms. The van der Waals surface area contributed by atoms with Crippen LogP contribution in [0.5, 0.6) is 5.75 Å². The minimum absolute atomic E-state index is 0.0389. The van der Waals surface area contributed by atoms with Crippen LogP contribution in [0.4, 0.5) is 5.69 Å². The van der Waals surface area contributed by atoms with Gasteiger partial charge in [-0.3, -0.25) is 14.3 Å². The van der Waals surface area contributed by atoms with Crippen LogP contribution in [0, 0.1) is 6.92 Å². The molecular weight excluding hydrogens is 408 g/mol. The van der Waals surface area contributed by atoms with Crippen LogP contribution in [0.2, 0.25) is 0 Å². The molecule has 1 aliphatic rings. The number of aryl methyl sites for hydroxylation is 1. The molecule has 3 heterocycles. The molecule has 0 spiro atoms. The predicted octanol–water partition coefficient (Wildman–Crippen LogP) is 2.21.